The van der Waals surface area contributed by atoms with Crippen molar-refractivity contribution in [2.24, 2.45) is 17.4 Å². The summed E-state index contributed by atoms with van der Waals surface area (Å²) in [7, 11) is -4.50. The van der Waals surface area contributed by atoms with Crippen LogP contribution in [0.1, 0.15) is 25.8 Å². The Morgan fingerprint density at radius 3 is 2.33 bits per heavy atom. The summed E-state index contributed by atoms with van der Waals surface area (Å²) in [5.74, 6) is -2.27. The molecule has 0 saturated heterocycles. The second-order valence-corrected chi connectivity index (χ2v) is 6.83. The minimum absolute atomic E-state index is 0.160. The molecule has 0 saturated carbocycles. The van der Waals surface area contributed by atoms with Crippen LogP contribution in [0.3, 0.4) is 0 Å². The minimum atomic E-state index is -4.50. The van der Waals surface area contributed by atoms with Crippen LogP contribution < -0.4 is 16.2 Å². The Kier molecular flexibility index (Phi) is 7.33. The van der Waals surface area contributed by atoms with Crippen LogP contribution in [0, 0.1) is 5.92 Å². The molecule has 2 amide bonds. The number of benzene rings is 1. The maximum Gasteiger partial charge on any atom is 0.363 e. The average molecular weight is 357 g/mol. The maximum atomic E-state index is 11.9. The molecule has 8 nitrogen and oxygen atoms in total. The van der Waals surface area contributed by atoms with Gasteiger partial charge in [-0.25, -0.2) is 8.91 Å². The molecular weight excluding hydrogens is 334 g/mol. The van der Waals surface area contributed by atoms with Gasteiger partial charge in [-0.3, -0.25) is 9.59 Å². The van der Waals surface area contributed by atoms with E-state index in [9.17, 15) is 18.0 Å². The molecule has 0 fully saturated rings. The predicted molar refractivity (Wildman–Crippen MR) is 88.7 cm³/mol. The number of carbonyl (C=O) groups is 2. The Hall–Kier alpha value is -1.97. The Balaban J connectivity index is 2.71. The van der Waals surface area contributed by atoms with Gasteiger partial charge in [-0.05, 0) is 17.9 Å². The highest BCUT2D eigenvalue weighted by atomic mass is 32.2. The molecule has 5 N–H and O–H groups in total. The first-order chi connectivity index (χ1) is 11.2. The molecule has 0 heterocycles. The lowest BCUT2D eigenvalue weighted by Gasteiger charge is -2.20. The second-order valence-electron chi connectivity index (χ2n) is 5.52. The summed E-state index contributed by atoms with van der Waals surface area (Å²) >= 11 is 0. The molecule has 9 heteroatoms. The molecule has 3 atom stereocenters. The summed E-state index contributed by atoms with van der Waals surface area (Å²) in [5.41, 5.74) is 11.6. The maximum absolute atomic E-state index is 11.9. The number of hydrogen-bond acceptors (Lipinski definition) is 6. The van der Waals surface area contributed by atoms with Crippen LogP contribution in [0.5, 0.6) is 0 Å². The van der Waals surface area contributed by atoms with Crippen LogP contribution in [0.4, 0.5) is 0 Å². The van der Waals surface area contributed by atoms with Crippen molar-refractivity contribution in [2.45, 2.75) is 38.8 Å². The van der Waals surface area contributed by atoms with E-state index in [0.29, 0.717) is 6.42 Å². The number of carbonyl (C=O) groups excluding carboxylic acids is 2. The highest BCUT2D eigenvalue weighted by Crippen LogP contribution is 2.13. The average Bonchev–Trinajstić information content (AvgIpc) is 2.52. The first-order valence-corrected chi connectivity index (χ1v) is 8.90. The zero-order valence-corrected chi connectivity index (χ0v) is 14.5. The fraction of sp³-hybridized carbons (Fsp3) is 0.467. The van der Waals surface area contributed by atoms with E-state index >= 15 is 0 Å². The van der Waals surface area contributed by atoms with Gasteiger partial charge in [-0.1, -0.05) is 50.6 Å². The van der Waals surface area contributed by atoms with Crippen molar-refractivity contribution < 1.29 is 22.2 Å². The molecule has 0 radical (unpaired) electrons. The van der Waals surface area contributed by atoms with Crippen molar-refractivity contribution in [3.8, 4) is 0 Å². The van der Waals surface area contributed by atoms with E-state index in [0.717, 1.165) is 5.56 Å². The molecular formula is C15H23N3O5S. The van der Waals surface area contributed by atoms with Crippen LogP contribution in [0.15, 0.2) is 30.3 Å². The largest absolute Gasteiger partial charge is 0.367 e. The number of nitrogens with two attached hydrogens (primary N) is 2. The molecule has 0 aliphatic heterocycles. The summed E-state index contributed by atoms with van der Waals surface area (Å²) < 4.78 is 30.3. The van der Waals surface area contributed by atoms with Gasteiger partial charge in [0.15, 0.2) is 6.10 Å². The summed E-state index contributed by atoms with van der Waals surface area (Å²) in [6.45, 7) is 3.37. The lowest BCUT2D eigenvalue weighted by atomic mass is 10.0. The minimum Gasteiger partial charge on any atom is -0.367 e. The van der Waals surface area contributed by atoms with Gasteiger partial charge in [-0.2, -0.15) is 8.42 Å². The van der Waals surface area contributed by atoms with Crippen molar-refractivity contribution in [1.82, 2.24) is 4.72 Å². The van der Waals surface area contributed by atoms with E-state index in [1.54, 1.807) is 42.8 Å². The Morgan fingerprint density at radius 2 is 1.83 bits per heavy atom. The quantitative estimate of drug-likeness (QED) is 0.560. The highest BCUT2D eigenvalue weighted by molar-refractivity contribution is 7.85. The van der Waals surface area contributed by atoms with Crippen LogP contribution >= 0.6 is 0 Å². The third kappa shape index (κ3) is 6.26. The van der Waals surface area contributed by atoms with Gasteiger partial charge in [0.05, 0.1) is 6.04 Å². The van der Waals surface area contributed by atoms with Gasteiger partial charge in [0.1, 0.15) is 0 Å². The van der Waals surface area contributed by atoms with Crippen molar-refractivity contribution in [1.29, 1.82) is 0 Å². The highest BCUT2D eigenvalue weighted by Gasteiger charge is 2.30. The molecule has 134 valence electrons. The van der Waals surface area contributed by atoms with Crippen LogP contribution in [0.2, 0.25) is 0 Å². The zero-order valence-electron chi connectivity index (χ0n) is 13.6. The Bertz CT molecular complexity index is 663. The fourth-order valence-electron chi connectivity index (χ4n) is 1.96. The molecule has 1 aromatic rings. The van der Waals surface area contributed by atoms with E-state index in [2.05, 4.69) is 0 Å². The second kappa shape index (κ2) is 8.76. The van der Waals surface area contributed by atoms with Crippen molar-refractivity contribution >= 4 is 22.1 Å². The van der Waals surface area contributed by atoms with Gasteiger partial charge in [0.2, 0.25) is 5.91 Å². The number of rotatable bonds is 9. The van der Waals surface area contributed by atoms with Gasteiger partial charge < -0.3 is 11.5 Å². The Labute approximate surface area is 141 Å². The van der Waals surface area contributed by atoms with Crippen molar-refractivity contribution in [3.05, 3.63) is 35.9 Å². The standard InChI is InChI=1S/C15H23N3O5S/c1-3-10(2)13(14(17)19)23-24(21,22)18-15(20)12(16)9-11-7-5-4-6-8-11/h4-8,10,12-13H,3,9,16H2,1-2H3,(H2,17,19)(H,18,20)/t10-,12-,13?/m0/s1. The SMILES string of the molecule is CC[C@H](C)C(OS(=O)(=O)NC(=O)[C@@H](N)Cc1ccccc1)C(N)=O. The first-order valence-electron chi connectivity index (χ1n) is 7.50. The van der Waals surface area contributed by atoms with Gasteiger partial charge in [0, 0.05) is 0 Å². The predicted octanol–water partition coefficient (Wildman–Crippen LogP) is -0.166. The lowest BCUT2D eigenvalue weighted by molar-refractivity contribution is -0.127. The van der Waals surface area contributed by atoms with Crippen LogP contribution in [-0.2, 0) is 30.5 Å². The molecule has 1 rings (SSSR count). The molecule has 0 aliphatic carbocycles. The van der Waals surface area contributed by atoms with Crippen molar-refractivity contribution in [2.75, 3.05) is 0 Å². The smallest absolute Gasteiger partial charge is 0.363 e. The van der Waals surface area contributed by atoms with Gasteiger partial charge >= 0.3 is 10.3 Å². The molecule has 0 spiro atoms. The molecule has 0 aliphatic rings. The molecule has 1 unspecified atom stereocenters. The van der Waals surface area contributed by atoms with Crippen LogP contribution in [-0.4, -0.2) is 32.4 Å². The van der Waals surface area contributed by atoms with Gasteiger partial charge in [-0.15, -0.1) is 0 Å². The monoisotopic (exact) mass is 357 g/mol. The summed E-state index contributed by atoms with van der Waals surface area (Å²) in [5, 5.41) is 0. The fourth-order valence-corrected chi connectivity index (χ4v) is 2.96. The lowest BCUT2D eigenvalue weighted by Crippen LogP contribution is -2.48. The van der Waals surface area contributed by atoms with E-state index < -0.39 is 40.2 Å². The van der Waals surface area contributed by atoms with E-state index in [4.69, 9.17) is 15.7 Å². The summed E-state index contributed by atoms with van der Waals surface area (Å²) in [6.07, 6.45) is -0.720. The topological polar surface area (TPSA) is 142 Å². The summed E-state index contributed by atoms with van der Waals surface area (Å²) in [4.78, 5) is 23.3. The Morgan fingerprint density at radius 1 is 1.25 bits per heavy atom. The summed E-state index contributed by atoms with van der Waals surface area (Å²) in [6, 6.07) is 7.83. The number of nitrogens with one attached hydrogen (secondary N) is 1. The van der Waals surface area contributed by atoms with Crippen molar-refractivity contribution in [3.63, 3.8) is 0 Å². The van der Waals surface area contributed by atoms with E-state index in [1.165, 1.54) is 0 Å². The first kappa shape index (κ1) is 20.1. The normalized spacial score (nSPS) is 15.3. The third-order valence-corrected chi connectivity index (χ3v) is 4.44. The number of hydrogen-bond donors (Lipinski definition) is 3. The number of amides is 2. The zero-order chi connectivity index (χ0) is 18.3. The molecule has 1 aromatic carbocycles. The van der Waals surface area contributed by atoms with E-state index in [1.807, 2.05) is 6.07 Å². The van der Waals surface area contributed by atoms with Gasteiger partial charge in [0.25, 0.3) is 5.91 Å². The van der Waals surface area contributed by atoms with Crippen LogP contribution in [0.25, 0.3) is 0 Å². The third-order valence-electron chi connectivity index (χ3n) is 3.53. The molecule has 0 aromatic heterocycles. The number of primary amides is 1. The van der Waals surface area contributed by atoms with E-state index in [-0.39, 0.29) is 6.42 Å². The molecule has 24 heavy (non-hydrogen) atoms. The molecule has 0 bridgehead atoms.